The molecule has 114 valence electrons. The largest absolute Gasteiger partial charge is 0.483 e. The summed E-state index contributed by atoms with van der Waals surface area (Å²) in [6, 6.07) is 7.01. The number of para-hydroxylation sites is 1. The number of oxime groups is 1. The fourth-order valence-corrected chi connectivity index (χ4v) is 2.32. The first-order valence-corrected chi connectivity index (χ1v) is 6.77. The lowest BCUT2D eigenvalue weighted by atomic mass is 10.2. The zero-order valence-corrected chi connectivity index (χ0v) is 12.0. The summed E-state index contributed by atoms with van der Waals surface area (Å²) in [5.41, 5.74) is 6.01. The summed E-state index contributed by atoms with van der Waals surface area (Å²) in [6.07, 6.45) is 0.947. The van der Waals surface area contributed by atoms with Gasteiger partial charge in [0.25, 0.3) is 5.91 Å². The number of hydrogen-bond acceptors (Lipinski definition) is 5. The number of hydrogen-bond donors (Lipinski definition) is 3. The van der Waals surface area contributed by atoms with E-state index in [1.165, 1.54) is 0 Å². The first-order chi connectivity index (χ1) is 10.1. The summed E-state index contributed by atoms with van der Waals surface area (Å²) >= 11 is 0. The molecule has 1 fully saturated rings. The number of carbonyl (C=O) groups excluding carboxylic acids is 1. The lowest BCUT2D eigenvalue weighted by Gasteiger charge is -2.14. The van der Waals surface area contributed by atoms with E-state index >= 15 is 0 Å². The predicted molar refractivity (Wildman–Crippen MR) is 78.5 cm³/mol. The second-order valence-corrected chi connectivity index (χ2v) is 5.09. The number of nitrogens with zero attached hydrogens (tertiary/aromatic N) is 2. The topological polar surface area (TPSA) is 100 Å². The maximum absolute atomic E-state index is 11.9. The Morgan fingerprint density at radius 2 is 2.33 bits per heavy atom. The number of rotatable bonds is 5. The van der Waals surface area contributed by atoms with Gasteiger partial charge in [-0.25, -0.2) is 0 Å². The van der Waals surface area contributed by atoms with Gasteiger partial charge in [0.15, 0.2) is 12.4 Å². The molecule has 1 aliphatic rings. The van der Waals surface area contributed by atoms with Gasteiger partial charge in [-0.2, -0.15) is 0 Å². The zero-order valence-electron chi connectivity index (χ0n) is 12.0. The van der Waals surface area contributed by atoms with Crippen LogP contribution in [0.25, 0.3) is 0 Å². The van der Waals surface area contributed by atoms with Gasteiger partial charge in [0.1, 0.15) is 5.75 Å². The Kier molecular flexibility index (Phi) is 4.99. The first-order valence-electron chi connectivity index (χ1n) is 6.77. The second kappa shape index (κ2) is 6.94. The normalized spacial score (nSPS) is 19.5. The number of amidine groups is 1. The van der Waals surface area contributed by atoms with Crippen molar-refractivity contribution in [2.75, 3.05) is 26.7 Å². The minimum atomic E-state index is -0.176. The van der Waals surface area contributed by atoms with E-state index in [1.54, 1.807) is 24.3 Å². The molecule has 1 aromatic carbocycles. The fraction of sp³-hybridized carbons (Fsp3) is 0.429. The van der Waals surface area contributed by atoms with Crippen molar-refractivity contribution >= 4 is 11.7 Å². The second-order valence-electron chi connectivity index (χ2n) is 5.09. The molecule has 1 aromatic rings. The third-order valence-corrected chi connectivity index (χ3v) is 3.39. The molecular formula is C14H20N4O3. The molecule has 0 aromatic heterocycles. The molecule has 1 aliphatic heterocycles. The van der Waals surface area contributed by atoms with Crippen LogP contribution >= 0.6 is 0 Å². The molecule has 1 unspecified atom stereocenters. The van der Waals surface area contributed by atoms with Crippen molar-refractivity contribution in [2.24, 2.45) is 10.9 Å². The lowest BCUT2D eigenvalue weighted by molar-refractivity contribution is -0.123. The molecule has 4 N–H and O–H groups in total. The minimum Gasteiger partial charge on any atom is -0.483 e. The molecule has 7 heteroatoms. The molecular weight excluding hydrogens is 272 g/mol. The molecule has 0 aliphatic carbocycles. The van der Waals surface area contributed by atoms with Crippen molar-refractivity contribution in [1.29, 1.82) is 0 Å². The van der Waals surface area contributed by atoms with Crippen molar-refractivity contribution in [3.63, 3.8) is 0 Å². The molecule has 1 amide bonds. The summed E-state index contributed by atoms with van der Waals surface area (Å²) in [5.74, 6) is 0.180. The Labute approximate surface area is 123 Å². The van der Waals surface area contributed by atoms with Crippen LogP contribution in [0.3, 0.4) is 0 Å². The predicted octanol–water partition coefficient (Wildman–Crippen LogP) is -0.0198. The standard InChI is InChI=1S/C14H20N4O3/c1-18-7-6-10(8-18)16-13(19)9-21-12-5-3-2-4-11(12)14(15)17-20/h2-5,10,20H,6-9H2,1H3,(H2,15,17)(H,16,19). The quantitative estimate of drug-likeness (QED) is 0.306. The molecule has 0 bridgehead atoms. The molecule has 1 heterocycles. The van der Waals surface area contributed by atoms with Crippen LogP contribution in [0.2, 0.25) is 0 Å². The van der Waals surface area contributed by atoms with E-state index in [4.69, 9.17) is 15.7 Å². The smallest absolute Gasteiger partial charge is 0.258 e. The van der Waals surface area contributed by atoms with Crippen LogP contribution in [0, 0.1) is 0 Å². The average molecular weight is 292 g/mol. The number of nitrogens with one attached hydrogen (secondary N) is 1. The summed E-state index contributed by atoms with van der Waals surface area (Å²) in [7, 11) is 2.02. The minimum absolute atomic E-state index is 0.0524. The van der Waals surface area contributed by atoms with Crippen LogP contribution in [0.1, 0.15) is 12.0 Å². The maximum atomic E-state index is 11.9. The van der Waals surface area contributed by atoms with Crippen LogP contribution in [-0.2, 0) is 4.79 Å². The third kappa shape index (κ3) is 4.09. The zero-order chi connectivity index (χ0) is 15.2. The Balaban J connectivity index is 1.89. The third-order valence-electron chi connectivity index (χ3n) is 3.39. The Bertz CT molecular complexity index is 533. The SMILES string of the molecule is CN1CCC(NC(=O)COc2ccccc2C(N)=NO)C1. The van der Waals surface area contributed by atoms with E-state index in [0.717, 1.165) is 19.5 Å². The molecule has 21 heavy (non-hydrogen) atoms. The highest BCUT2D eigenvalue weighted by Crippen LogP contribution is 2.17. The van der Waals surface area contributed by atoms with E-state index < -0.39 is 0 Å². The van der Waals surface area contributed by atoms with Crippen LogP contribution in [0.4, 0.5) is 0 Å². The summed E-state index contributed by atoms with van der Waals surface area (Å²) in [4.78, 5) is 14.0. The van der Waals surface area contributed by atoms with Crippen LogP contribution in [0.15, 0.2) is 29.4 Å². The lowest BCUT2D eigenvalue weighted by Crippen LogP contribution is -2.39. The number of likely N-dealkylation sites (N-methyl/N-ethyl adjacent to an activating group) is 1. The molecule has 1 atom stereocenters. The van der Waals surface area contributed by atoms with Gasteiger partial charge in [0.05, 0.1) is 5.56 Å². The number of carbonyl (C=O) groups is 1. The highest BCUT2D eigenvalue weighted by atomic mass is 16.5. The molecule has 7 nitrogen and oxygen atoms in total. The van der Waals surface area contributed by atoms with Crippen LogP contribution in [0.5, 0.6) is 5.75 Å². The van der Waals surface area contributed by atoms with Gasteiger partial charge >= 0.3 is 0 Å². The number of likely N-dealkylation sites (tertiary alicyclic amines) is 1. The van der Waals surface area contributed by atoms with E-state index in [0.29, 0.717) is 11.3 Å². The van der Waals surface area contributed by atoms with Gasteiger partial charge < -0.3 is 25.9 Å². The first kappa shape index (κ1) is 15.1. The molecule has 0 radical (unpaired) electrons. The van der Waals surface area contributed by atoms with E-state index in [9.17, 15) is 4.79 Å². The number of amides is 1. The number of ether oxygens (including phenoxy) is 1. The monoisotopic (exact) mass is 292 g/mol. The molecule has 0 spiro atoms. The Morgan fingerprint density at radius 3 is 3.00 bits per heavy atom. The number of benzene rings is 1. The van der Waals surface area contributed by atoms with Gasteiger partial charge in [-0.3, -0.25) is 4.79 Å². The van der Waals surface area contributed by atoms with Crippen molar-refractivity contribution in [1.82, 2.24) is 10.2 Å². The summed E-state index contributed by atoms with van der Waals surface area (Å²) < 4.78 is 5.46. The van der Waals surface area contributed by atoms with Gasteiger partial charge in [0, 0.05) is 12.6 Å². The highest BCUT2D eigenvalue weighted by Gasteiger charge is 2.21. The van der Waals surface area contributed by atoms with Crippen molar-refractivity contribution < 1.29 is 14.7 Å². The number of nitrogens with two attached hydrogens (primary N) is 1. The van der Waals surface area contributed by atoms with Crippen LogP contribution < -0.4 is 15.8 Å². The average Bonchev–Trinajstić information content (AvgIpc) is 2.89. The van der Waals surface area contributed by atoms with E-state index in [1.807, 2.05) is 7.05 Å². The maximum Gasteiger partial charge on any atom is 0.258 e. The molecule has 2 rings (SSSR count). The molecule has 0 saturated carbocycles. The van der Waals surface area contributed by atoms with Crippen LogP contribution in [-0.4, -0.2) is 54.6 Å². The fourth-order valence-electron chi connectivity index (χ4n) is 2.32. The summed E-state index contributed by atoms with van der Waals surface area (Å²) in [6.45, 7) is 1.74. The summed E-state index contributed by atoms with van der Waals surface area (Å²) in [5, 5.41) is 14.6. The van der Waals surface area contributed by atoms with Gasteiger partial charge in [0.2, 0.25) is 0 Å². The van der Waals surface area contributed by atoms with Crippen molar-refractivity contribution in [3.8, 4) is 5.75 Å². The van der Waals surface area contributed by atoms with Gasteiger partial charge in [-0.15, -0.1) is 0 Å². The highest BCUT2D eigenvalue weighted by molar-refractivity contribution is 5.99. The molecule has 1 saturated heterocycles. The van der Waals surface area contributed by atoms with Crippen molar-refractivity contribution in [3.05, 3.63) is 29.8 Å². The van der Waals surface area contributed by atoms with E-state index in [2.05, 4.69) is 15.4 Å². The Hall–Kier alpha value is -2.28. The van der Waals surface area contributed by atoms with Gasteiger partial charge in [-0.05, 0) is 32.1 Å². The van der Waals surface area contributed by atoms with E-state index in [-0.39, 0.29) is 24.4 Å². The van der Waals surface area contributed by atoms with Gasteiger partial charge in [-0.1, -0.05) is 17.3 Å². The Morgan fingerprint density at radius 1 is 1.57 bits per heavy atom. The van der Waals surface area contributed by atoms with Crippen molar-refractivity contribution in [2.45, 2.75) is 12.5 Å².